The van der Waals surface area contributed by atoms with Crippen LogP contribution in [0.3, 0.4) is 0 Å². The number of piperidine rings is 1. The number of rotatable bonds is 3. The molecule has 1 N–H and O–H groups in total. The van der Waals surface area contributed by atoms with E-state index in [9.17, 15) is 0 Å². The van der Waals surface area contributed by atoms with Crippen LogP contribution in [0.15, 0.2) is 4.52 Å². The maximum absolute atomic E-state index is 5.38. The van der Waals surface area contributed by atoms with Crippen molar-refractivity contribution in [3.05, 3.63) is 11.7 Å². The summed E-state index contributed by atoms with van der Waals surface area (Å²) in [6.45, 7) is 1.07. The van der Waals surface area contributed by atoms with Crippen LogP contribution < -0.4 is 5.32 Å². The van der Waals surface area contributed by atoms with Gasteiger partial charge in [0.05, 0.1) is 6.04 Å². The van der Waals surface area contributed by atoms with Crippen molar-refractivity contribution >= 4 is 11.8 Å². The fourth-order valence-corrected chi connectivity index (χ4v) is 3.83. The molecule has 0 spiro atoms. The van der Waals surface area contributed by atoms with Crippen molar-refractivity contribution < 1.29 is 4.52 Å². The maximum Gasteiger partial charge on any atom is 0.243 e. The highest BCUT2D eigenvalue weighted by Gasteiger charge is 2.23. The molecule has 3 heterocycles. The molecular formula is C12H19N3OS. The van der Waals surface area contributed by atoms with E-state index < -0.39 is 0 Å². The van der Waals surface area contributed by atoms with Gasteiger partial charge < -0.3 is 9.84 Å². The van der Waals surface area contributed by atoms with E-state index in [0.717, 1.165) is 31.1 Å². The van der Waals surface area contributed by atoms with Gasteiger partial charge in [0.1, 0.15) is 0 Å². The summed E-state index contributed by atoms with van der Waals surface area (Å²) in [5.41, 5.74) is 0. The normalized spacial score (nSPS) is 29.6. The fourth-order valence-electron chi connectivity index (χ4n) is 2.56. The predicted octanol–water partition coefficient (Wildman–Crippen LogP) is 2.32. The van der Waals surface area contributed by atoms with Crippen LogP contribution in [-0.2, 0) is 6.42 Å². The van der Waals surface area contributed by atoms with Gasteiger partial charge in [0.2, 0.25) is 5.89 Å². The Bertz CT molecular complexity index is 356. The summed E-state index contributed by atoms with van der Waals surface area (Å²) in [5, 5.41) is 8.26. The van der Waals surface area contributed by atoms with E-state index in [1.807, 2.05) is 11.8 Å². The molecule has 0 aliphatic carbocycles. The largest absolute Gasteiger partial charge is 0.338 e. The molecule has 3 rings (SSSR count). The lowest BCUT2D eigenvalue weighted by Gasteiger charge is -2.19. The van der Waals surface area contributed by atoms with Crippen molar-refractivity contribution in [1.29, 1.82) is 0 Å². The van der Waals surface area contributed by atoms with Crippen molar-refractivity contribution in [3.8, 4) is 0 Å². The Kier molecular flexibility index (Phi) is 3.66. The summed E-state index contributed by atoms with van der Waals surface area (Å²) < 4.78 is 5.38. The molecule has 4 nitrogen and oxygen atoms in total. The minimum absolute atomic E-state index is 0.293. The summed E-state index contributed by atoms with van der Waals surface area (Å²) >= 11 is 2.04. The number of hydrogen-bond acceptors (Lipinski definition) is 5. The molecule has 2 aliphatic rings. The molecule has 5 heteroatoms. The summed E-state index contributed by atoms with van der Waals surface area (Å²) in [5.74, 6) is 2.98. The van der Waals surface area contributed by atoms with Crippen LogP contribution >= 0.6 is 11.8 Å². The summed E-state index contributed by atoms with van der Waals surface area (Å²) in [7, 11) is 0. The van der Waals surface area contributed by atoms with Crippen molar-refractivity contribution in [2.24, 2.45) is 0 Å². The molecule has 0 aromatic carbocycles. The molecule has 17 heavy (non-hydrogen) atoms. The van der Waals surface area contributed by atoms with E-state index in [2.05, 4.69) is 15.5 Å². The molecule has 2 unspecified atom stereocenters. The molecule has 94 valence electrons. The highest BCUT2D eigenvalue weighted by molar-refractivity contribution is 8.00. The second-order valence-electron chi connectivity index (χ2n) is 4.89. The Balaban J connectivity index is 1.60. The lowest BCUT2D eigenvalue weighted by molar-refractivity contribution is 0.296. The molecule has 2 fully saturated rings. The second-order valence-corrected chi connectivity index (χ2v) is 6.30. The van der Waals surface area contributed by atoms with Crippen LogP contribution in [0.5, 0.6) is 0 Å². The van der Waals surface area contributed by atoms with E-state index >= 15 is 0 Å². The topological polar surface area (TPSA) is 51.0 Å². The highest BCUT2D eigenvalue weighted by atomic mass is 32.2. The zero-order valence-electron chi connectivity index (χ0n) is 10.0. The Labute approximate surface area is 106 Å². The van der Waals surface area contributed by atoms with Crippen LogP contribution in [0.2, 0.25) is 0 Å². The van der Waals surface area contributed by atoms with E-state index in [1.54, 1.807) is 0 Å². The van der Waals surface area contributed by atoms with E-state index in [4.69, 9.17) is 4.52 Å². The van der Waals surface area contributed by atoms with Gasteiger partial charge in [-0.2, -0.15) is 16.7 Å². The zero-order valence-corrected chi connectivity index (χ0v) is 10.8. The predicted molar refractivity (Wildman–Crippen MR) is 68.1 cm³/mol. The van der Waals surface area contributed by atoms with Gasteiger partial charge in [0.25, 0.3) is 0 Å². The average Bonchev–Trinajstić information content (AvgIpc) is 3.02. The van der Waals surface area contributed by atoms with Crippen molar-refractivity contribution in [2.75, 3.05) is 12.3 Å². The standard InChI is InChI=1S/C12H19N3OS/c1-2-6-13-10(5-1)12-14-11(15-16-12)8-9-4-3-7-17-9/h9-10,13H,1-8H2. The van der Waals surface area contributed by atoms with Crippen LogP contribution in [-0.4, -0.2) is 27.7 Å². The van der Waals surface area contributed by atoms with Gasteiger partial charge in [0.15, 0.2) is 5.82 Å². The van der Waals surface area contributed by atoms with Crippen LogP contribution in [0.1, 0.15) is 49.9 Å². The van der Waals surface area contributed by atoms with E-state index in [1.165, 1.54) is 31.4 Å². The molecule has 1 aromatic rings. The number of thioether (sulfide) groups is 1. The van der Waals surface area contributed by atoms with Gasteiger partial charge in [-0.3, -0.25) is 0 Å². The Morgan fingerprint density at radius 3 is 3.06 bits per heavy atom. The molecule has 0 saturated carbocycles. The number of hydrogen-bond donors (Lipinski definition) is 1. The Morgan fingerprint density at radius 2 is 2.29 bits per heavy atom. The first kappa shape index (κ1) is 11.5. The van der Waals surface area contributed by atoms with Crippen LogP contribution in [0.25, 0.3) is 0 Å². The molecule has 0 amide bonds. The van der Waals surface area contributed by atoms with Gasteiger partial charge in [-0.15, -0.1) is 0 Å². The SMILES string of the molecule is C1CCC(c2nc(CC3CCCS3)no2)NC1. The molecule has 2 atom stereocenters. The van der Waals surface area contributed by atoms with Gasteiger partial charge in [-0.05, 0) is 38.0 Å². The van der Waals surface area contributed by atoms with Crippen molar-refractivity contribution in [2.45, 2.75) is 49.8 Å². The molecule has 0 bridgehead atoms. The highest BCUT2D eigenvalue weighted by Crippen LogP contribution is 2.29. The third-order valence-electron chi connectivity index (χ3n) is 3.53. The molecule has 0 radical (unpaired) electrons. The monoisotopic (exact) mass is 253 g/mol. The minimum Gasteiger partial charge on any atom is -0.338 e. The Morgan fingerprint density at radius 1 is 1.29 bits per heavy atom. The lowest BCUT2D eigenvalue weighted by atomic mass is 10.1. The smallest absolute Gasteiger partial charge is 0.243 e. The quantitative estimate of drug-likeness (QED) is 0.896. The van der Waals surface area contributed by atoms with Crippen LogP contribution in [0, 0.1) is 0 Å². The number of nitrogens with one attached hydrogen (secondary N) is 1. The van der Waals surface area contributed by atoms with Gasteiger partial charge >= 0.3 is 0 Å². The van der Waals surface area contributed by atoms with E-state index in [0.29, 0.717) is 11.3 Å². The lowest BCUT2D eigenvalue weighted by Crippen LogP contribution is -2.27. The number of nitrogens with zero attached hydrogens (tertiary/aromatic N) is 2. The number of aromatic nitrogens is 2. The first-order valence-corrected chi connectivity index (χ1v) is 7.64. The third-order valence-corrected chi connectivity index (χ3v) is 4.92. The first-order chi connectivity index (χ1) is 8.42. The fraction of sp³-hybridized carbons (Fsp3) is 0.833. The van der Waals surface area contributed by atoms with Gasteiger partial charge in [-0.25, -0.2) is 0 Å². The summed E-state index contributed by atoms with van der Waals surface area (Å²) in [4.78, 5) is 4.54. The minimum atomic E-state index is 0.293. The molecule has 2 aliphatic heterocycles. The van der Waals surface area contributed by atoms with Crippen molar-refractivity contribution in [3.63, 3.8) is 0 Å². The Hall–Kier alpha value is -0.550. The molecule has 2 saturated heterocycles. The third kappa shape index (κ3) is 2.83. The van der Waals surface area contributed by atoms with Crippen molar-refractivity contribution in [1.82, 2.24) is 15.5 Å². The summed E-state index contributed by atoms with van der Waals surface area (Å²) in [6, 6.07) is 0.293. The zero-order chi connectivity index (χ0) is 11.5. The second kappa shape index (κ2) is 5.40. The van der Waals surface area contributed by atoms with Crippen LogP contribution in [0.4, 0.5) is 0 Å². The molecular weight excluding hydrogens is 234 g/mol. The van der Waals surface area contributed by atoms with Gasteiger partial charge in [0, 0.05) is 11.7 Å². The first-order valence-electron chi connectivity index (χ1n) is 6.59. The average molecular weight is 253 g/mol. The molecule has 1 aromatic heterocycles. The maximum atomic E-state index is 5.38. The van der Waals surface area contributed by atoms with Gasteiger partial charge in [-0.1, -0.05) is 11.6 Å². The van der Waals surface area contributed by atoms with E-state index in [-0.39, 0.29) is 0 Å². The summed E-state index contributed by atoms with van der Waals surface area (Å²) in [6.07, 6.45) is 7.26.